The lowest BCUT2D eigenvalue weighted by atomic mass is 9.85. The summed E-state index contributed by atoms with van der Waals surface area (Å²) in [6.45, 7) is 2.49. The van der Waals surface area contributed by atoms with E-state index in [0.29, 0.717) is 38.8 Å². The number of amides is 1. The van der Waals surface area contributed by atoms with Gasteiger partial charge in [-0.15, -0.1) is 0 Å². The van der Waals surface area contributed by atoms with Crippen LogP contribution >= 0.6 is 0 Å². The molecule has 1 aliphatic carbocycles. The van der Waals surface area contributed by atoms with Crippen LogP contribution in [0.3, 0.4) is 0 Å². The quantitative estimate of drug-likeness (QED) is 0.314. The van der Waals surface area contributed by atoms with Crippen LogP contribution in [0.2, 0.25) is 0 Å². The fourth-order valence-corrected chi connectivity index (χ4v) is 7.06. The second-order valence-electron chi connectivity index (χ2n) is 11.5. The van der Waals surface area contributed by atoms with Crippen LogP contribution in [0.25, 0.3) is 11.1 Å². The number of rotatable bonds is 9. The lowest BCUT2D eigenvalue weighted by molar-refractivity contribution is -0.126. The van der Waals surface area contributed by atoms with Crippen molar-refractivity contribution in [2.24, 2.45) is 5.92 Å². The smallest absolute Gasteiger partial charge is 0.261 e. The molecule has 1 saturated carbocycles. The van der Waals surface area contributed by atoms with Gasteiger partial charge in [0.15, 0.2) is 0 Å². The predicted molar refractivity (Wildman–Crippen MR) is 156 cm³/mol. The molecule has 1 saturated heterocycles. The molecule has 2 aliphatic rings. The minimum atomic E-state index is -3.73. The predicted octanol–water partition coefficient (Wildman–Crippen LogP) is 6.05. The van der Waals surface area contributed by atoms with Crippen molar-refractivity contribution in [1.29, 1.82) is 0 Å². The van der Waals surface area contributed by atoms with Crippen LogP contribution in [0.15, 0.2) is 77.7 Å². The van der Waals surface area contributed by atoms with Gasteiger partial charge in [-0.3, -0.25) is 9.69 Å². The molecular weight excluding hydrogens is 563 g/mol. The molecule has 6 nitrogen and oxygen atoms in total. The summed E-state index contributed by atoms with van der Waals surface area (Å²) in [6.07, 6.45) is 2.16. The van der Waals surface area contributed by atoms with E-state index in [1.807, 2.05) is 31.2 Å². The zero-order valence-corrected chi connectivity index (χ0v) is 24.3. The molecule has 0 unspecified atom stereocenters. The van der Waals surface area contributed by atoms with Crippen LogP contribution in [0.5, 0.6) is 0 Å². The maximum absolute atomic E-state index is 13.5. The Kier molecular flexibility index (Phi) is 9.05. The number of halogens is 3. The Morgan fingerprint density at radius 3 is 2.10 bits per heavy atom. The van der Waals surface area contributed by atoms with Gasteiger partial charge in [-0.1, -0.05) is 48.5 Å². The van der Waals surface area contributed by atoms with Crippen LogP contribution < -0.4 is 10.0 Å². The summed E-state index contributed by atoms with van der Waals surface area (Å²) in [7, 11) is -3.73. The highest BCUT2D eigenvalue weighted by Gasteiger charge is 2.37. The van der Waals surface area contributed by atoms with Gasteiger partial charge in [-0.2, -0.15) is 0 Å². The summed E-state index contributed by atoms with van der Waals surface area (Å²) in [6, 6.07) is 19.9. The topological polar surface area (TPSA) is 78.5 Å². The Morgan fingerprint density at radius 1 is 0.929 bits per heavy atom. The summed E-state index contributed by atoms with van der Waals surface area (Å²) in [5.41, 5.74) is 3.54. The Bertz CT molecular complexity index is 1470. The molecule has 1 amide bonds. The molecule has 3 aromatic rings. The number of nitrogens with zero attached hydrogens (tertiary/aromatic N) is 1. The van der Waals surface area contributed by atoms with Crippen molar-refractivity contribution in [1.82, 2.24) is 14.9 Å². The third-order valence-electron chi connectivity index (χ3n) is 8.26. The number of carbonyl (C=O) groups excluding carboxylic acids is 1. The summed E-state index contributed by atoms with van der Waals surface area (Å²) < 4.78 is 69.0. The Balaban J connectivity index is 1.11. The van der Waals surface area contributed by atoms with Gasteiger partial charge in [0.25, 0.3) is 5.92 Å². The van der Waals surface area contributed by atoms with Crippen molar-refractivity contribution in [3.8, 4) is 11.1 Å². The molecule has 2 N–H and O–H groups in total. The molecule has 3 aromatic carbocycles. The molecule has 224 valence electrons. The number of hydrogen-bond donors (Lipinski definition) is 2. The number of nitrogens with one attached hydrogen (secondary N) is 2. The molecule has 0 spiro atoms. The molecule has 0 aromatic heterocycles. The van der Waals surface area contributed by atoms with Crippen LogP contribution in [0, 0.1) is 11.7 Å². The number of alkyl halides is 2. The highest BCUT2D eigenvalue weighted by molar-refractivity contribution is 7.89. The van der Waals surface area contributed by atoms with E-state index in [4.69, 9.17) is 0 Å². The first-order valence-corrected chi connectivity index (χ1v) is 15.8. The van der Waals surface area contributed by atoms with Crippen molar-refractivity contribution in [2.75, 3.05) is 13.1 Å². The van der Waals surface area contributed by atoms with Crippen LogP contribution in [-0.4, -0.2) is 44.3 Å². The average molecular weight is 600 g/mol. The Hall–Kier alpha value is -3.21. The number of sulfonamides is 1. The largest absolute Gasteiger partial charge is 0.349 e. The number of likely N-dealkylation sites (tertiary alicyclic amines) is 1. The van der Waals surface area contributed by atoms with E-state index in [-0.39, 0.29) is 47.6 Å². The van der Waals surface area contributed by atoms with Crippen LogP contribution in [0.1, 0.15) is 56.2 Å². The summed E-state index contributed by atoms with van der Waals surface area (Å²) >= 11 is 0. The molecule has 0 radical (unpaired) electrons. The van der Waals surface area contributed by atoms with Crippen LogP contribution in [-0.2, 0) is 21.4 Å². The zero-order chi connectivity index (χ0) is 29.9. The second kappa shape index (κ2) is 12.6. The molecule has 1 aliphatic heterocycles. The summed E-state index contributed by atoms with van der Waals surface area (Å²) in [5, 5.41) is 2.99. The van der Waals surface area contributed by atoms with E-state index in [2.05, 4.69) is 10.0 Å². The van der Waals surface area contributed by atoms with Gasteiger partial charge in [0.1, 0.15) is 5.82 Å². The Morgan fingerprint density at radius 2 is 1.52 bits per heavy atom. The van der Waals surface area contributed by atoms with E-state index < -0.39 is 15.9 Å². The highest BCUT2D eigenvalue weighted by atomic mass is 32.2. The number of carbonyl (C=O) groups is 1. The van der Waals surface area contributed by atoms with Crippen molar-refractivity contribution in [3.05, 3.63) is 89.7 Å². The van der Waals surface area contributed by atoms with Gasteiger partial charge in [0, 0.05) is 31.5 Å². The van der Waals surface area contributed by atoms with Gasteiger partial charge in [0.05, 0.1) is 17.5 Å². The van der Waals surface area contributed by atoms with Gasteiger partial charge < -0.3 is 5.32 Å². The SMILES string of the molecule is C[C@@H](NC(=O)[C@H]1CC[C@H](NS(=O)(=O)c2ccc(-c3ccc(CN4CCC(F)(F)C4)cc3)cc2)CC1)c1ccc(F)cc1. The molecule has 42 heavy (non-hydrogen) atoms. The molecule has 1 heterocycles. The maximum Gasteiger partial charge on any atom is 0.261 e. The van der Waals surface area contributed by atoms with Crippen molar-refractivity contribution in [2.45, 2.75) is 68.5 Å². The summed E-state index contributed by atoms with van der Waals surface area (Å²) in [5.74, 6) is -3.21. The monoisotopic (exact) mass is 599 g/mol. The van der Waals surface area contributed by atoms with E-state index >= 15 is 0 Å². The number of benzene rings is 3. The molecule has 2 fully saturated rings. The normalized spacial score (nSPS) is 21.6. The van der Waals surface area contributed by atoms with Crippen molar-refractivity contribution in [3.63, 3.8) is 0 Å². The molecule has 1 atom stereocenters. The minimum absolute atomic E-state index is 0.0747. The lowest BCUT2D eigenvalue weighted by Gasteiger charge is -2.29. The van der Waals surface area contributed by atoms with E-state index in [1.54, 1.807) is 41.3 Å². The fourth-order valence-electron chi connectivity index (χ4n) is 5.76. The van der Waals surface area contributed by atoms with Gasteiger partial charge in [0.2, 0.25) is 15.9 Å². The van der Waals surface area contributed by atoms with Crippen molar-refractivity contribution < 1.29 is 26.4 Å². The Labute approximate surface area is 245 Å². The standard InChI is InChI=1S/C32H36F3N3O3S/c1-22(24-6-12-28(33)13-7-24)36-31(39)27-8-14-29(15-9-27)37-42(40,41)30-16-10-26(11-17-30)25-4-2-23(3-5-25)20-38-19-18-32(34,35)21-38/h2-7,10-13,16-17,22,27,29,37H,8-9,14-15,18-21H2,1H3,(H,36,39)/t22-,27-,29-/m1/s1. The van der Waals surface area contributed by atoms with Gasteiger partial charge in [-0.05, 0) is 79.1 Å². The molecule has 10 heteroatoms. The van der Waals surface area contributed by atoms with Crippen molar-refractivity contribution >= 4 is 15.9 Å². The third kappa shape index (κ3) is 7.59. The van der Waals surface area contributed by atoms with E-state index in [1.165, 1.54) is 12.1 Å². The average Bonchev–Trinajstić information content (AvgIpc) is 3.31. The first kappa shape index (κ1) is 30.3. The molecule has 0 bridgehead atoms. The summed E-state index contributed by atoms with van der Waals surface area (Å²) in [4.78, 5) is 14.7. The van der Waals surface area contributed by atoms with E-state index in [0.717, 1.165) is 22.3 Å². The molecular formula is C32H36F3N3O3S. The highest BCUT2D eigenvalue weighted by Crippen LogP contribution is 2.30. The first-order valence-electron chi connectivity index (χ1n) is 14.4. The van der Waals surface area contributed by atoms with Crippen LogP contribution in [0.4, 0.5) is 13.2 Å². The first-order chi connectivity index (χ1) is 20.0. The zero-order valence-electron chi connectivity index (χ0n) is 23.5. The second-order valence-corrected chi connectivity index (χ2v) is 13.2. The third-order valence-corrected chi connectivity index (χ3v) is 9.79. The fraction of sp³-hybridized carbons (Fsp3) is 0.406. The maximum atomic E-state index is 13.5. The number of hydrogen-bond acceptors (Lipinski definition) is 4. The van der Waals surface area contributed by atoms with Gasteiger partial charge >= 0.3 is 0 Å². The van der Waals surface area contributed by atoms with Gasteiger partial charge in [-0.25, -0.2) is 26.3 Å². The molecule has 5 rings (SSSR count). The minimum Gasteiger partial charge on any atom is -0.349 e. The van der Waals surface area contributed by atoms with E-state index in [9.17, 15) is 26.4 Å². The lowest BCUT2D eigenvalue weighted by Crippen LogP contribution is -2.41.